The van der Waals surface area contributed by atoms with Gasteiger partial charge in [-0.2, -0.15) is 0 Å². The summed E-state index contributed by atoms with van der Waals surface area (Å²) in [6.07, 6.45) is 1.12. The number of sulfone groups is 1. The molecule has 2 aromatic rings. The number of carbonyl (C=O) groups is 2. The molecule has 4 N–H and O–H groups in total. The molecule has 0 bridgehead atoms. The summed E-state index contributed by atoms with van der Waals surface area (Å²) >= 11 is 0. The van der Waals surface area contributed by atoms with E-state index in [2.05, 4.69) is 5.32 Å². The molecule has 8 nitrogen and oxygen atoms in total. The van der Waals surface area contributed by atoms with Gasteiger partial charge in [-0.15, -0.1) is 0 Å². The molecule has 0 spiro atoms. The van der Waals surface area contributed by atoms with Crippen LogP contribution in [0.5, 0.6) is 0 Å². The molecule has 1 unspecified atom stereocenters. The molecule has 42 heavy (non-hydrogen) atoms. The van der Waals surface area contributed by atoms with Crippen LogP contribution in [0.3, 0.4) is 0 Å². The quantitative estimate of drug-likeness (QED) is 0.197. The van der Waals surface area contributed by atoms with Gasteiger partial charge in [-0.3, -0.25) is 9.59 Å². The molecule has 3 atom stereocenters. The Morgan fingerprint density at radius 1 is 0.976 bits per heavy atom. The number of carboxylic acid groups (broad SMARTS) is 1. The molecule has 0 aliphatic carbocycles. The predicted molar refractivity (Wildman–Crippen MR) is 159 cm³/mol. The number of ether oxygens (including phenoxy) is 1. The summed E-state index contributed by atoms with van der Waals surface area (Å²) in [6, 6.07) is 9.96. The van der Waals surface area contributed by atoms with Crippen LogP contribution in [0.25, 0.3) is 0 Å². The van der Waals surface area contributed by atoms with Gasteiger partial charge in [0, 0.05) is 25.2 Å². The molecule has 0 saturated carbocycles. The summed E-state index contributed by atoms with van der Waals surface area (Å²) in [6.45, 7) is 6.22. The molecule has 234 valence electrons. The molecule has 2 rings (SSSR count). The van der Waals surface area contributed by atoms with Crippen LogP contribution in [0, 0.1) is 17.6 Å². The van der Waals surface area contributed by atoms with Crippen LogP contribution in [0.2, 0.25) is 0 Å². The molecule has 0 aliphatic heterocycles. The van der Waals surface area contributed by atoms with E-state index >= 15 is 0 Å². The van der Waals surface area contributed by atoms with Crippen LogP contribution in [0.15, 0.2) is 42.5 Å². The number of aliphatic carboxylic acids is 1. The molecule has 0 aliphatic rings. The minimum absolute atomic E-state index is 0.0435. The van der Waals surface area contributed by atoms with Gasteiger partial charge in [0.25, 0.3) is 0 Å². The maximum absolute atomic E-state index is 13.8. The Bertz CT molecular complexity index is 1250. The zero-order valence-electron chi connectivity index (χ0n) is 24.7. The van der Waals surface area contributed by atoms with Crippen LogP contribution >= 0.6 is 0 Å². The predicted octanol–water partition coefficient (Wildman–Crippen LogP) is 4.57. The van der Waals surface area contributed by atoms with Gasteiger partial charge in [0.1, 0.15) is 17.7 Å². The van der Waals surface area contributed by atoms with E-state index in [9.17, 15) is 31.9 Å². The summed E-state index contributed by atoms with van der Waals surface area (Å²) < 4.78 is 59.7. The number of benzene rings is 2. The van der Waals surface area contributed by atoms with E-state index in [1.54, 1.807) is 0 Å². The Hall–Kier alpha value is -2.89. The molecule has 0 saturated heterocycles. The SMILES string of the molecule is CCCC(CCC)S(=O)(=O)CC(CC(=O)O)C(=O)O[C@H](CNCc1cccc(CC)c1)[C@@H](N)Cc1cc(F)cc(F)c1. The van der Waals surface area contributed by atoms with Gasteiger partial charge >= 0.3 is 11.9 Å². The number of carbonyl (C=O) groups excluding carboxylic acids is 1. The van der Waals surface area contributed by atoms with Crippen LogP contribution in [-0.4, -0.2) is 55.2 Å². The first-order valence-electron chi connectivity index (χ1n) is 14.5. The van der Waals surface area contributed by atoms with Crippen molar-refractivity contribution in [3.8, 4) is 0 Å². The van der Waals surface area contributed by atoms with Gasteiger partial charge in [-0.05, 0) is 54.5 Å². The number of esters is 1. The van der Waals surface area contributed by atoms with Gasteiger partial charge in [0.05, 0.1) is 23.3 Å². The second kappa shape index (κ2) is 17.3. The fourth-order valence-corrected chi connectivity index (χ4v) is 7.24. The van der Waals surface area contributed by atoms with Crippen molar-refractivity contribution in [3.63, 3.8) is 0 Å². The molecule has 0 aromatic heterocycles. The van der Waals surface area contributed by atoms with Crippen LogP contribution in [-0.2, 0) is 43.5 Å². The highest BCUT2D eigenvalue weighted by Crippen LogP contribution is 2.22. The Kier molecular flexibility index (Phi) is 14.5. The molecule has 0 amide bonds. The molecule has 0 fully saturated rings. The van der Waals surface area contributed by atoms with E-state index in [1.165, 1.54) is 0 Å². The number of nitrogens with one attached hydrogen (secondary N) is 1. The molecule has 0 radical (unpaired) electrons. The third kappa shape index (κ3) is 11.8. The molecular weight excluding hydrogens is 566 g/mol. The number of carboxylic acids is 1. The number of nitrogens with two attached hydrogens (primary N) is 1. The van der Waals surface area contributed by atoms with Crippen molar-refractivity contribution in [3.05, 3.63) is 70.8 Å². The topological polar surface area (TPSA) is 136 Å². The van der Waals surface area contributed by atoms with E-state index in [0.29, 0.717) is 32.2 Å². The van der Waals surface area contributed by atoms with E-state index in [4.69, 9.17) is 10.5 Å². The minimum atomic E-state index is -3.80. The summed E-state index contributed by atoms with van der Waals surface area (Å²) in [5.74, 6) is -5.98. The van der Waals surface area contributed by atoms with Crippen molar-refractivity contribution in [2.75, 3.05) is 12.3 Å². The second-order valence-corrected chi connectivity index (χ2v) is 13.1. The Morgan fingerprint density at radius 3 is 2.17 bits per heavy atom. The van der Waals surface area contributed by atoms with Crippen molar-refractivity contribution in [1.82, 2.24) is 5.32 Å². The van der Waals surface area contributed by atoms with Crippen molar-refractivity contribution in [2.24, 2.45) is 11.7 Å². The monoisotopic (exact) mass is 610 g/mol. The average Bonchev–Trinajstić information content (AvgIpc) is 2.91. The summed E-state index contributed by atoms with van der Waals surface area (Å²) in [5.41, 5.74) is 8.76. The van der Waals surface area contributed by atoms with Crippen molar-refractivity contribution in [2.45, 2.75) is 89.7 Å². The van der Waals surface area contributed by atoms with Crippen LogP contribution < -0.4 is 11.1 Å². The lowest BCUT2D eigenvalue weighted by atomic mass is 10.0. The van der Waals surface area contributed by atoms with Gasteiger partial charge < -0.3 is 20.9 Å². The highest BCUT2D eigenvalue weighted by atomic mass is 32.2. The lowest BCUT2D eigenvalue weighted by Gasteiger charge is -2.27. The number of rotatable bonds is 19. The summed E-state index contributed by atoms with van der Waals surface area (Å²) in [5, 5.41) is 12.0. The zero-order valence-corrected chi connectivity index (χ0v) is 25.5. The maximum atomic E-state index is 13.8. The first-order chi connectivity index (χ1) is 19.9. The number of hydrogen-bond acceptors (Lipinski definition) is 7. The Labute approximate surface area is 247 Å². The Morgan fingerprint density at radius 2 is 1.60 bits per heavy atom. The minimum Gasteiger partial charge on any atom is -0.481 e. The largest absolute Gasteiger partial charge is 0.481 e. The smallest absolute Gasteiger partial charge is 0.310 e. The summed E-state index contributed by atoms with van der Waals surface area (Å²) in [7, 11) is -3.80. The fourth-order valence-electron chi connectivity index (χ4n) is 4.96. The highest BCUT2D eigenvalue weighted by Gasteiger charge is 2.35. The van der Waals surface area contributed by atoms with E-state index in [-0.39, 0.29) is 18.5 Å². The highest BCUT2D eigenvalue weighted by molar-refractivity contribution is 7.92. The van der Waals surface area contributed by atoms with Gasteiger partial charge in [0.15, 0.2) is 9.84 Å². The number of hydrogen-bond donors (Lipinski definition) is 3. The van der Waals surface area contributed by atoms with Gasteiger partial charge in [0.2, 0.25) is 0 Å². The van der Waals surface area contributed by atoms with Crippen molar-refractivity contribution in [1.29, 1.82) is 0 Å². The molecular formula is C31H44F2N2O6S. The molecule has 0 heterocycles. The maximum Gasteiger partial charge on any atom is 0.310 e. The third-order valence-corrected chi connectivity index (χ3v) is 9.48. The lowest BCUT2D eigenvalue weighted by Crippen LogP contribution is -2.47. The third-order valence-electron chi connectivity index (χ3n) is 7.13. The van der Waals surface area contributed by atoms with Gasteiger partial charge in [-0.25, -0.2) is 17.2 Å². The number of aryl methyl sites for hydroxylation is 1. The lowest BCUT2D eigenvalue weighted by molar-refractivity contribution is -0.157. The zero-order chi connectivity index (χ0) is 31.3. The first kappa shape index (κ1) is 35.3. The standard InChI is InChI=1S/C31H44F2N2O6S/c1-4-8-27(9-5-2)42(39,40)20-24(16-30(36)37)31(38)41-29(19-35-18-22-11-7-10-21(6-3)12-22)28(34)15-23-13-25(32)17-26(33)14-23/h7,10-14,17,24,27-29,35H,4-6,8-9,15-16,18-20,34H2,1-3H3,(H,36,37)/t24?,28-,29+/m0/s1. The van der Waals surface area contributed by atoms with E-state index in [0.717, 1.165) is 35.7 Å². The molecule has 2 aromatic carbocycles. The number of halogens is 2. The normalized spacial score (nSPS) is 14.0. The van der Waals surface area contributed by atoms with Gasteiger partial charge in [-0.1, -0.05) is 57.9 Å². The Balaban J connectivity index is 2.27. The average molecular weight is 611 g/mol. The van der Waals surface area contributed by atoms with E-state index in [1.807, 2.05) is 45.0 Å². The van der Waals surface area contributed by atoms with Crippen molar-refractivity contribution >= 4 is 21.8 Å². The fraction of sp³-hybridized carbons (Fsp3) is 0.548. The summed E-state index contributed by atoms with van der Waals surface area (Å²) in [4.78, 5) is 25.0. The first-order valence-corrected chi connectivity index (χ1v) is 16.2. The molecule has 11 heteroatoms. The van der Waals surface area contributed by atoms with Crippen LogP contribution in [0.4, 0.5) is 8.78 Å². The van der Waals surface area contributed by atoms with Crippen LogP contribution in [0.1, 0.15) is 69.6 Å². The van der Waals surface area contributed by atoms with E-state index < -0.39 is 68.9 Å². The second-order valence-electron chi connectivity index (χ2n) is 10.7. The van der Waals surface area contributed by atoms with Crippen molar-refractivity contribution < 1.29 is 36.6 Å².